The maximum absolute atomic E-state index is 11.0. The molecule has 2 amide bonds. The molecular weight excluding hydrogens is 168 g/mol. The maximum Gasteiger partial charge on any atom is 0.321 e. The summed E-state index contributed by atoms with van der Waals surface area (Å²) in [6.45, 7) is 0. The number of hydrogen-bond donors (Lipinski definition) is 3. The Bertz CT molecular complexity index is 260. The highest BCUT2D eigenvalue weighted by Crippen LogP contribution is 2.25. The molecule has 2 rings (SSSR count). The van der Waals surface area contributed by atoms with Crippen LogP contribution in [0.4, 0.5) is 4.79 Å². The van der Waals surface area contributed by atoms with Crippen LogP contribution in [0.2, 0.25) is 0 Å². The van der Waals surface area contributed by atoms with Crippen LogP contribution in [0.3, 0.4) is 0 Å². The topological polar surface area (TPSA) is 61.4 Å². The summed E-state index contributed by atoms with van der Waals surface area (Å²) >= 11 is 0. The Labute approximate surface area is 77.0 Å². The molecule has 0 aromatic rings. The second kappa shape index (κ2) is 3.38. The van der Waals surface area contributed by atoms with Crippen molar-refractivity contribution in [3.05, 3.63) is 11.3 Å². The molecule has 0 saturated carbocycles. The average molecular weight is 182 g/mol. The van der Waals surface area contributed by atoms with Crippen LogP contribution in [-0.4, -0.2) is 17.4 Å². The molecule has 0 aromatic heterocycles. The van der Waals surface area contributed by atoms with Gasteiger partial charge in [0.1, 0.15) is 0 Å². The zero-order chi connectivity index (χ0) is 9.26. The van der Waals surface area contributed by atoms with Gasteiger partial charge in [-0.15, -0.1) is 0 Å². The lowest BCUT2D eigenvalue weighted by Gasteiger charge is -2.25. The minimum atomic E-state index is -0.762. The number of nitrogens with one attached hydrogen (secondary N) is 2. The minimum absolute atomic E-state index is 0.284. The molecule has 4 heteroatoms. The van der Waals surface area contributed by atoms with Crippen molar-refractivity contribution in [2.45, 2.75) is 38.3 Å². The predicted molar refractivity (Wildman–Crippen MR) is 47.8 cm³/mol. The smallest absolute Gasteiger partial charge is 0.321 e. The normalized spacial score (nSPS) is 28.7. The number of aliphatic hydroxyl groups excluding tert-OH is 1. The Morgan fingerprint density at radius 2 is 2.00 bits per heavy atom. The highest BCUT2D eigenvalue weighted by atomic mass is 16.3. The number of allylic oxidation sites excluding steroid dienone is 1. The van der Waals surface area contributed by atoms with Crippen molar-refractivity contribution >= 4 is 6.03 Å². The van der Waals surface area contributed by atoms with E-state index in [4.69, 9.17) is 0 Å². The highest BCUT2D eigenvalue weighted by molar-refractivity contribution is 5.78. The number of rotatable bonds is 0. The second-order valence-electron chi connectivity index (χ2n) is 3.57. The fourth-order valence-electron chi connectivity index (χ4n) is 1.93. The zero-order valence-corrected chi connectivity index (χ0v) is 7.47. The molecule has 1 aliphatic heterocycles. The third-order valence-electron chi connectivity index (χ3n) is 2.62. The van der Waals surface area contributed by atoms with Gasteiger partial charge in [0.05, 0.1) is 0 Å². The van der Waals surface area contributed by atoms with Gasteiger partial charge >= 0.3 is 6.03 Å². The van der Waals surface area contributed by atoms with Crippen molar-refractivity contribution in [3.63, 3.8) is 0 Å². The molecule has 0 fully saturated rings. The van der Waals surface area contributed by atoms with Crippen LogP contribution in [0.5, 0.6) is 0 Å². The van der Waals surface area contributed by atoms with E-state index in [-0.39, 0.29) is 6.03 Å². The molecule has 3 N–H and O–H groups in total. The molecular formula is C9H14N2O2. The van der Waals surface area contributed by atoms with Crippen molar-refractivity contribution in [1.82, 2.24) is 10.6 Å². The van der Waals surface area contributed by atoms with E-state index >= 15 is 0 Å². The van der Waals surface area contributed by atoms with E-state index in [0.717, 1.165) is 37.0 Å². The first-order valence-corrected chi connectivity index (χ1v) is 4.75. The SMILES string of the molecule is O=C1NC2=C(CCCCC2)C(O)N1. The summed E-state index contributed by atoms with van der Waals surface area (Å²) in [4.78, 5) is 11.0. The number of amides is 2. The lowest BCUT2D eigenvalue weighted by molar-refractivity contribution is 0.159. The Hall–Kier alpha value is -1.03. The van der Waals surface area contributed by atoms with Gasteiger partial charge in [-0.2, -0.15) is 0 Å². The van der Waals surface area contributed by atoms with Gasteiger partial charge in [0.2, 0.25) is 0 Å². The monoisotopic (exact) mass is 182 g/mol. The van der Waals surface area contributed by atoms with Gasteiger partial charge < -0.3 is 15.7 Å². The zero-order valence-electron chi connectivity index (χ0n) is 7.47. The van der Waals surface area contributed by atoms with Gasteiger partial charge in [0.15, 0.2) is 6.23 Å². The Morgan fingerprint density at radius 1 is 1.23 bits per heavy atom. The number of urea groups is 1. The third kappa shape index (κ3) is 1.67. The van der Waals surface area contributed by atoms with Crippen LogP contribution in [0, 0.1) is 0 Å². The molecule has 72 valence electrons. The Kier molecular flexibility index (Phi) is 2.22. The Balaban J connectivity index is 2.23. The number of aliphatic hydroxyl groups is 1. The summed E-state index contributed by atoms with van der Waals surface area (Å²) in [6, 6.07) is -0.284. The molecule has 0 radical (unpaired) electrons. The lowest BCUT2D eigenvalue weighted by Crippen LogP contribution is -2.48. The van der Waals surface area contributed by atoms with Crippen molar-refractivity contribution < 1.29 is 9.90 Å². The van der Waals surface area contributed by atoms with Gasteiger partial charge in [-0.1, -0.05) is 6.42 Å². The number of hydrogen-bond acceptors (Lipinski definition) is 2. The fraction of sp³-hybridized carbons (Fsp3) is 0.667. The number of carbonyl (C=O) groups excluding carboxylic acids is 1. The first-order valence-electron chi connectivity index (χ1n) is 4.75. The standard InChI is InChI=1S/C9H14N2O2/c12-8-6-4-2-1-3-5-7(6)10-9(13)11-8/h8,12H,1-5H2,(H2,10,11,13). The van der Waals surface area contributed by atoms with E-state index < -0.39 is 6.23 Å². The summed E-state index contributed by atoms with van der Waals surface area (Å²) in [5.74, 6) is 0. The molecule has 1 heterocycles. The Morgan fingerprint density at radius 3 is 2.85 bits per heavy atom. The molecule has 13 heavy (non-hydrogen) atoms. The van der Waals surface area contributed by atoms with Crippen molar-refractivity contribution in [2.75, 3.05) is 0 Å². The average Bonchev–Trinajstić information content (AvgIpc) is 2.28. The minimum Gasteiger partial charge on any atom is -0.370 e. The molecule has 0 spiro atoms. The van der Waals surface area contributed by atoms with Crippen LogP contribution >= 0.6 is 0 Å². The van der Waals surface area contributed by atoms with Gasteiger partial charge in [-0.05, 0) is 31.3 Å². The van der Waals surface area contributed by atoms with Crippen LogP contribution in [-0.2, 0) is 0 Å². The molecule has 1 aliphatic carbocycles. The van der Waals surface area contributed by atoms with Crippen LogP contribution < -0.4 is 10.6 Å². The highest BCUT2D eigenvalue weighted by Gasteiger charge is 2.25. The lowest BCUT2D eigenvalue weighted by atomic mass is 10.1. The van der Waals surface area contributed by atoms with E-state index in [1.807, 2.05) is 0 Å². The molecule has 1 unspecified atom stereocenters. The summed E-state index contributed by atoms with van der Waals surface area (Å²) < 4.78 is 0. The van der Waals surface area contributed by atoms with Crippen molar-refractivity contribution in [1.29, 1.82) is 0 Å². The quantitative estimate of drug-likeness (QED) is 0.519. The van der Waals surface area contributed by atoms with E-state index in [9.17, 15) is 9.90 Å². The van der Waals surface area contributed by atoms with Crippen molar-refractivity contribution in [3.8, 4) is 0 Å². The van der Waals surface area contributed by atoms with Gasteiger partial charge in [-0.3, -0.25) is 0 Å². The van der Waals surface area contributed by atoms with Gasteiger partial charge in [-0.25, -0.2) is 4.79 Å². The predicted octanol–water partition coefficient (Wildman–Crippen LogP) is 0.836. The van der Waals surface area contributed by atoms with Crippen LogP contribution in [0.1, 0.15) is 32.1 Å². The summed E-state index contributed by atoms with van der Waals surface area (Å²) in [5.41, 5.74) is 1.91. The summed E-state index contributed by atoms with van der Waals surface area (Å²) in [5, 5.41) is 14.8. The van der Waals surface area contributed by atoms with Crippen LogP contribution in [0.25, 0.3) is 0 Å². The first-order chi connectivity index (χ1) is 6.27. The molecule has 1 atom stereocenters. The largest absolute Gasteiger partial charge is 0.370 e. The van der Waals surface area contributed by atoms with Crippen molar-refractivity contribution in [2.24, 2.45) is 0 Å². The maximum atomic E-state index is 11.0. The van der Waals surface area contributed by atoms with Crippen LogP contribution in [0.15, 0.2) is 11.3 Å². The first kappa shape index (κ1) is 8.56. The van der Waals surface area contributed by atoms with Gasteiger partial charge in [0.25, 0.3) is 0 Å². The van der Waals surface area contributed by atoms with E-state index in [1.54, 1.807) is 0 Å². The van der Waals surface area contributed by atoms with Gasteiger partial charge in [0, 0.05) is 5.70 Å². The molecule has 0 aromatic carbocycles. The van der Waals surface area contributed by atoms with E-state index in [0.29, 0.717) is 0 Å². The molecule has 4 nitrogen and oxygen atoms in total. The summed E-state index contributed by atoms with van der Waals surface area (Å²) in [7, 11) is 0. The summed E-state index contributed by atoms with van der Waals surface area (Å²) in [6.07, 6.45) is 4.40. The second-order valence-corrected chi connectivity index (χ2v) is 3.57. The van der Waals surface area contributed by atoms with E-state index in [2.05, 4.69) is 10.6 Å². The fourth-order valence-corrected chi connectivity index (χ4v) is 1.93. The van der Waals surface area contributed by atoms with E-state index in [1.165, 1.54) is 6.42 Å². The molecule has 0 saturated heterocycles. The third-order valence-corrected chi connectivity index (χ3v) is 2.62. The number of carbonyl (C=O) groups is 1. The molecule has 2 aliphatic rings. The molecule has 0 bridgehead atoms.